The van der Waals surface area contributed by atoms with Gasteiger partial charge in [-0.25, -0.2) is 13.1 Å². The maximum Gasteiger partial charge on any atom is 0.217 e. The zero-order valence-electron chi connectivity index (χ0n) is 11.9. The molecule has 0 radical (unpaired) electrons. The number of aliphatic imine (C=N–C) groups is 1. The van der Waals surface area contributed by atoms with Crippen LogP contribution in [0.3, 0.4) is 0 Å². The van der Waals surface area contributed by atoms with Crippen molar-refractivity contribution in [1.29, 1.82) is 0 Å². The number of guanidine groups is 1. The van der Waals surface area contributed by atoms with Crippen LogP contribution in [0.25, 0.3) is 0 Å². The van der Waals surface area contributed by atoms with E-state index in [1.165, 1.54) is 12.3 Å². The highest BCUT2D eigenvalue weighted by atomic mass is 32.2. The second-order valence-electron chi connectivity index (χ2n) is 5.29. The average molecular weight is 303 g/mol. The lowest BCUT2D eigenvalue weighted by Gasteiger charge is -2.20. The third-order valence-electron chi connectivity index (χ3n) is 2.05. The Labute approximate surface area is 118 Å². The van der Waals surface area contributed by atoms with Crippen LogP contribution < -0.4 is 15.8 Å². The summed E-state index contributed by atoms with van der Waals surface area (Å²) in [5, 5.41) is 6.53. The summed E-state index contributed by atoms with van der Waals surface area (Å²) in [5.41, 5.74) is 5.83. The normalized spacial score (nSPS) is 13.4. The SMILES string of the molecule is CC(C)(C)NC(N)=NCCNS(=O)(=O)Cc1ccon1. The maximum absolute atomic E-state index is 11.7. The van der Waals surface area contributed by atoms with Crippen LogP contribution in [0.15, 0.2) is 21.8 Å². The van der Waals surface area contributed by atoms with Crippen molar-refractivity contribution in [3.8, 4) is 0 Å². The molecule has 8 nitrogen and oxygen atoms in total. The summed E-state index contributed by atoms with van der Waals surface area (Å²) in [7, 11) is -3.44. The van der Waals surface area contributed by atoms with Gasteiger partial charge in [0.25, 0.3) is 0 Å². The summed E-state index contributed by atoms with van der Waals surface area (Å²) in [6.07, 6.45) is 1.33. The number of hydrogen-bond donors (Lipinski definition) is 3. The Hall–Kier alpha value is -1.61. The molecule has 1 aromatic heterocycles. The summed E-state index contributed by atoms with van der Waals surface area (Å²) in [6, 6.07) is 1.50. The van der Waals surface area contributed by atoms with Gasteiger partial charge in [0.1, 0.15) is 12.0 Å². The number of nitrogens with two attached hydrogens (primary N) is 1. The second kappa shape index (κ2) is 6.71. The van der Waals surface area contributed by atoms with E-state index in [9.17, 15) is 8.42 Å². The van der Waals surface area contributed by atoms with Crippen LogP contribution in [0.2, 0.25) is 0 Å². The lowest BCUT2D eigenvalue weighted by molar-refractivity contribution is 0.413. The van der Waals surface area contributed by atoms with Gasteiger partial charge in [0.2, 0.25) is 10.0 Å². The molecule has 4 N–H and O–H groups in total. The second-order valence-corrected chi connectivity index (χ2v) is 7.09. The van der Waals surface area contributed by atoms with Crippen molar-refractivity contribution >= 4 is 16.0 Å². The van der Waals surface area contributed by atoms with Crippen molar-refractivity contribution in [2.75, 3.05) is 13.1 Å². The Morgan fingerprint density at radius 1 is 1.50 bits per heavy atom. The van der Waals surface area contributed by atoms with Gasteiger partial charge < -0.3 is 15.6 Å². The van der Waals surface area contributed by atoms with Crippen molar-refractivity contribution in [3.05, 3.63) is 18.0 Å². The maximum atomic E-state index is 11.7. The van der Waals surface area contributed by atoms with Crippen molar-refractivity contribution in [2.24, 2.45) is 10.7 Å². The molecule has 0 atom stereocenters. The molecule has 114 valence electrons. The molecule has 0 aromatic carbocycles. The standard InChI is InChI=1S/C11H21N5O3S/c1-11(2,3)15-10(12)13-5-6-14-20(17,18)8-9-4-7-19-16-9/h4,7,14H,5-6,8H2,1-3H3,(H3,12,13,15). The van der Waals surface area contributed by atoms with E-state index < -0.39 is 10.0 Å². The Kier molecular flexibility index (Phi) is 5.52. The van der Waals surface area contributed by atoms with E-state index in [0.29, 0.717) is 5.69 Å². The number of aromatic nitrogens is 1. The summed E-state index contributed by atoms with van der Waals surface area (Å²) < 4.78 is 30.4. The number of nitrogens with zero attached hydrogens (tertiary/aromatic N) is 2. The lowest BCUT2D eigenvalue weighted by atomic mass is 10.1. The molecule has 0 spiro atoms. The van der Waals surface area contributed by atoms with Crippen LogP contribution in [0.4, 0.5) is 0 Å². The summed E-state index contributed by atoms with van der Waals surface area (Å²) in [5.74, 6) is 0.0661. The van der Waals surface area contributed by atoms with Gasteiger partial charge in [0.05, 0.1) is 12.2 Å². The molecule has 1 aromatic rings. The first-order chi connectivity index (χ1) is 9.18. The predicted molar refractivity (Wildman–Crippen MR) is 76.5 cm³/mol. The quantitative estimate of drug-likeness (QED) is 0.380. The van der Waals surface area contributed by atoms with Crippen LogP contribution >= 0.6 is 0 Å². The molecule has 0 amide bonds. The summed E-state index contributed by atoms with van der Waals surface area (Å²) in [6.45, 7) is 6.29. The number of hydrogen-bond acceptors (Lipinski definition) is 5. The fraction of sp³-hybridized carbons (Fsp3) is 0.636. The fourth-order valence-electron chi connectivity index (χ4n) is 1.36. The molecule has 0 aliphatic heterocycles. The summed E-state index contributed by atoms with van der Waals surface area (Å²) in [4.78, 5) is 4.03. The first-order valence-electron chi connectivity index (χ1n) is 6.13. The van der Waals surface area contributed by atoms with Gasteiger partial charge in [-0.15, -0.1) is 0 Å². The van der Waals surface area contributed by atoms with Gasteiger partial charge in [-0.1, -0.05) is 5.16 Å². The molecule has 1 heterocycles. The molecule has 0 aliphatic rings. The molecule has 20 heavy (non-hydrogen) atoms. The van der Waals surface area contributed by atoms with Crippen LogP contribution in [0.5, 0.6) is 0 Å². The van der Waals surface area contributed by atoms with Gasteiger partial charge in [-0.3, -0.25) is 4.99 Å². The van der Waals surface area contributed by atoms with E-state index in [-0.39, 0.29) is 30.3 Å². The van der Waals surface area contributed by atoms with Crippen LogP contribution in [-0.2, 0) is 15.8 Å². The minimum absolute atomic E-state index is 0.173. The van der Waals surface area contributed by atoms with Crippen molar-refractivity contribution in [3.63, 3.8) is 0 Å². The zero-order valence-corrected chi connectivity index (χ0v) is 12.7. The highest BCUT2D eigenvalue weighted by Crippen LogP contribution is 2.00. The third-order valence-corrected chi connectivity index (χ3v) is 3.37. The Balaban J connectivity index is 2.35. The van der Waals surface area contributed by atoms with Gasteiger partial charge in [0, 0.05) is 18.2 Å². The molecular formula is C11H21N5O3S. The van der Waals surface area contributed by atoms with Crippen molar-refractivity contribution < 1.29 is 12.9 Å². The molecular weight excluding hydrogens is 282 g/mol. The van der Waals surface area contributed by atoms with Gasteiger partial charge in [-0.05, 0) is 20.8 Å². The van der Waals surface area contributed by atoms with Gasteiger partial charge >= 0.3 is 0 Å². The topological polar surface area (TPSA) is 123 Å². The Morgan fingerprint density at radius 3 is 2.75 bits per heavy atom. The first kappa shape index (κ1) is 16.4. The highest BCUT2D eigenvalue weighted by molar-refractivity contribution is 7.88. The first-order valence-corrected chi connectivity index (χ1v) is 7.78. The minimum atomic E-state index is -3.44. The molecule has 1 rings (SSSR count). The fourth-order valence-corrected chi connectivity index (χ4v) is 2.40. The highest BCUT2D eigenvalue weighted by Gasteiger charge is 2.13. The zero-order chi connectivity index (χ0) is 15.2. The van der Waals surface area contributed by atoms with Gasteiger partial charge in [-0.2, -0.15) is 0 Å². The number of rotatable bonds is 6. The Bertz CT molecular complexity index is 531. The molecule has 9 heteroatoms. The van der Waals surface area contributed by atoms with Crippen LogP contribution in [0, 0.1) is 0 Å². The Morgan fingerprint density at radius 2 is 2.20 bits per heavy atom. The summed E-state index contributed by atoms with van der Waals surface area (Å²) >= 11 is 0. The molecule has 0 saturated heterocycles. The molecule has 0 unspecified atom stereocenters. The minimum Gasteiger partial charge on any atom is -0.370 e. The largest absolute Gasteiger partial charge is 0.370 e. The van der Waals surface area contributed by atoms with E-state index >= 15 is 0 Å². The third kappa shape index (κ3) is 7.10. The van der Waals surface area contributed by atoms with E-state index in [0.717, 1.165) is 0 Å². The van der Waals surface area contributed by atoms with Crippen molar-refractivity contribution in [1.82, 2.24) is 15.2 Å². The van der Waals surface area contributed by atoms with E-state index in [4.69, 9.17) is 5.73 Å². The van der Waals surface area contributed by atoms with Crippen molar-refractivity contribution in [2.45, 2.75) is 32.1 Å². The molecule has 0 aliphatic carbocycles. The van der Waals surface area contributed by atoms with Crippen LogP contribution in [0.1, 0.15) is 26.5 Å². The van der Waals surface area contributed by atoms with E-state index in [2.05, 4.69) is 24.7 Å². The molecule has 0 saturated carbocycles. The predicted octanol–water partition coefficient (Wildman–Crippen LogP) is -0.203. The average Bonchev–Trinajstić information content (AvgIpc) is 2.74. The monoisotopic (exact) mass is 303 g/mol. The lowest BCUT2D eigenvalue weighted by Crippen LogP contribution is -2.45. The van der Waals surface area contributed by atoms with E-state index in [1.54, 1.807) is 0 Å². The number of nitrogens with one attached hydrogen (secondary N) is 2. The smallest absolute Gasteiger partial charge is 0.217 e. The van der Waals surface area contributed by atoms with Crippen LogP contribution in [-0.4, -0.2) is 38.2 Å². The van der Waals surface area contributed by atoms with Gasteiger partial charge in [0.15, 0.2) is 5.96 Å². The van der Waals surface area contributed by atoms with E-state index in [1.807, 2.05) is 20.8 Å². The number of sulfonamides is 1. The molecule has 0 fully saturated rings. The molecule has 0 bridgehead atoms.